The van der Waals surface area contributed by atoms with Gasteiger partial charge in [-0.25, -0.2) is 0 Å². The van der Waals surface area contributed by atoms with Crippen LogP contribution in [0.15, 0.2) is 0 Å². The van der Waals surface area contributed by atoms with Crippen molar-refractivity contribution >= 4 is 11.8 Å². The van der Waals surface area contributed by atoms with Gasteiger partial charge in [0.2, 0.25) is 0 Å². The number of fused-ring (bicyclic) bond motifs is 7. The summed E-state index contributed by atoms with van der Waals surface area (Å²) in [6.07, 6.45) is 9.47. The highest BCUT2D eigenvalue weighted by Crippen LogP contribution is 2.70. The molecule has 190 valence electrons. The number of Topliss-reactive ketones (excluding diaryl/α,β-unsaturated/α-hetero) is 1. The van der Waals surface area contributed by atoms with Crippen molar-refractivity contribution in [2.45, 2.75) is 110 Å². The zero-order valence-electron chi connectivity index (χ0n) is 21.8. The fourth-order valence-electron chi connectivity index (χ4n) is 10.3. The minimum absolute atomic E-state index is 0.0613. The molecule has 6 fully saturated rings. The van der Waals surface area contributed by atoms with Gasteiger partial charge in [0.1, 0.15) is 11.9 Å². The lowest BCUT2D eigenvalue weighted by Gasteiger charge is -2.60. The van der Waals surface area contributed by atoms with Crippen LogP contribution in [-0.4, -0.2) is 36.4 Å². The molecule has 0 aromatic rings. The Labute approximate surface area is 205 Å². The van der Waals surface area contributed by atoms with Crippen LogP contribution in [0.1, 0.15) is 92.4 Å². The summed E-state index contributed by atoms with van der Waals surface area (Å²) in [5.41, 5.74) is -0.0934. The van der Waals surface area contributed by atoms with Crippen molar-refractivity contribution in [2.75, 3.05) is 6.61 Å². The molecular formula is C29H44O5. The van der Waals surface area contributed by atoms with Gasteiger partial charge in [0.15, 0.2) is 5.79 Å². The Bertz CT molecular complexity index is 861. The Hall–Kier alpha value is -0.940. The Morgan fingerprint density at radius 2 is 1.82 bits per heavy atom. The normalized spacial score (nSPS) is 56.4. The van der Waals surface area contributed by atoms with Gasteiger partial charge in [-0.05, 0) is 80.0 Å². The van der Waals surface area contributed by atoms with Crippen molar-refractivity contribution in [1.82, 2.24) is 0 Å². The molecule has 5 nitrogen and oxygen atoms in total. The molecule has 0 radical (unpaired) electrons. The number of hydrogen-bond donors (Lipinski definition) is 0. The van der Waals surface area contributed by atoms with Crippen LogP contribution in [0.5, 0.6) is 0 Å². The zero-order valence-corrected chi connectivity index (χ0v) is 21.8. The molecule has 0 amide bonds. The largest absolute Gasteiger partial charge is 0.463 e. The van der Waals surface area contributed by atoms with E-state index < -0.39 is 5.79 Å². The van der Waals surface area contributed by atoms with Crippen molar-refractivity contribution < 1.29 is 23.8 Å². The molecule has 2 aliphatic heterocycles. The van der Waals surface area contributed by atoms with Gasteiger partial charge in [0, 0.05) is 37.0 Å². The van der Waals surface area contributed by atoms with Gasteiger partial charge in [-0.3, -0.25) is 9.59 Å². The number of rotatable bonds is 1. The summed E-state index contributed by atoms with van der Waals surface area (Å²) >= 11 is 0. The van der Waals surface area contributed by atoms with Crippen LogP contribution in [-0.2, 0) is 23.8 Å². The molecule has 4 aliphatic carbocycles. The SMILES string of the molecule is CC(=O)O[C@H]1CC[C@@]2(C)[C@@H](CC[C@H]3[C@H]2CC(=O)[C@]2(C)[C@@H]4[C@@H](C)[C@]5(CC[C@@H](C)CO5)O[C@@H]4C[C@H]32)C1. The molecule has 0 bridgehead atoms. The second-order valence-electron chi connectivity index (χ2n) is 13.5. The third-order valence-corrected chi connectivity index (χ3v) is 12.1. The minimum atomic E-state index is -0.467. The first-order valence-corrected chi connectivity index (χ1v) is 14.1. The monoisotopic (exact) mass is 472 g/mol. The first-order valence-electron chi connectivity index (χ1n) is 14.1. The van der Waals surface area contributed by atoms with E-state index in [1.807, 2.05) is 0 Å². The Kier molecular flexibility index (Phi) is 5.37. The molecule has 0 aromatic carbocycles. The van der Waals surface area contributed by atoms with Gasteiger partial charge >= 0.3 is 5.97 Å². The third kappa shape index (κ3) is 3.11. The van der Waals surface area contributed by atoms with Gasteiger partial charge in [-0.2, -0.15) is 0 Å². The smallest absolute Gasteiger partial charge is 0.302 e. The molecule has 34 heavy (non-hydrogen) atoms. The second-order valence-corrected chi connectivity index (χ2v) is 13.5. The van der Waals surface area contributed by atoms with Crippen molar-refractivity contribution in [2.24, 2.45) is 52.3 Å². The fourth-order valence-corrected chi connectivity index (χ4v) is 10.3. The Morgan fingerprint density at radius 1 is 1.03 bits per heavy atom. The van der Waals surface area contributed by atoms with Crippen molar-refractivity contribution in [3.05, 3.63) is 0 Å². The quantitative estimate of drug-likeness (QED) is 0.469. The maximum Gasteiger partial charge on any atom is 0.302 e. The summed E-state index contributed by atoms with van der Waals surface area (Å²) in [4.78, 5) is 25.7. The maximum atomic E-state index is 14.1. The minimum Gasteiger partial charge on any atom is -0.463 e. The van der Waals surface area contributed by atoms with E-state index in [0.29, 0.717) is 35.4 Å². The molecule has 1 spiro atoms. The summed E-state index contributed by atoms with van der Waals surface area (Å²) in [7, 11) is 0. The third-order valence-electron chi connectivity index (χ3n) is 12.1. The molecule has 2 saturated heterocycles. The highest BCUT2D eigenvalue weighted by molar-refractivity contribution is 5.87. The van der Waals surface area contributed by atoms with E-state index in [1.54, 1.807) is 0 Å². The molecular weight excluding hydrogens is 428 g/mol. The first kappa shape index (κ1) is 23.5. The summed E-state index contributed by atoms with van der Waals surface area (Å²) in [5, 5.41) is 0. The lowest BCUT2D eigenvalue weighted by Crippen LogP contribution is -2.58. The highest BCUT2D eigenvalue weighted by atomic mass is 16.7. The molecule has 0 aromatic heterocycles. The first-order chi connectivity index (χ1) is 16.1. The number of esters is 1. The summed E-state index contributed by atoms with van der Waals surface area (Å²) in [6, 6.07) is 0. The summed E-state index contributed by atoms with van der Waals surface area (Å²) < 4.78 is 18.8. The predicted octanol–water partition coefficient (Wildman–Crippen LogP) is 5.54. The molecule has 4 saturated carbocycles. The highest BCUT2D eigenvalue weighted by Gasteiger charge is 2.71. The fraction of sp³-hybridized carbons (Fsp3) is 0.931. The van der Waals surface area contributed by atoms with E-state index in [-0.39, 0.29) is 40.8 Å². The topological polar surface area (TPSA) is 61.8 Å². The van der Waals surface area contributed by atoms with Crippen LogP contribution >= 0.6 is 0 Å². The van der Waals surface area contributed by atoms with Crippen LogP contribution in [0.25, 0.3) is 0 Å². The van der Waals surface area contributed by atoms with Gasteiger partial charge in [0.05, 0.1) is 12.7 Å². The molecule has 12 atom stereocenters. The lowest BCUT2D eigenvalue weighted by molar-refractivity contribution is -0.272. The average Bonchev–Trinajstić information content (AvgIpc) is 3.23. The van der Waals surface area contributed by atoms with Crippen LogP contribution < -0.4 is 0 Å². The molecule has 5 heteroatoms. The zero-order chi connectivity index (χ0) is 24.0. The standard InChI is InChI=1S/C29H44O5/c1-16-8-11-29(32-15-16)17(2)26-24(34-29)13-23-21-7-6-19-12-20(33-18(3)30)9-10-27(19,4)22(21)14-25(31)28(23,26)5/h16-17,19-24,26H,6-15H2,1-5H3/t16-,17-,19+,20+,21+,22-,23-,24-,26-,27+,28-,29+/m1/s1. The van der Waals surface area contributed by atoms with Gasteiger partial charge in [0.25, 0.3) is 0 Å². The van der Waals surface area contributed by atoms with Crippen LogP contribution in [0.2, 0.25) is 0 Å². The average molecular weight is 473 g/mol. The van der Waals surface area contributed by atoms with Crippen LogP contribution in [0.4, 0.5) is 0 Å². The van der Waals surface area contributed by atoms with E-state index in [9.17, 15) is 9.59 Å². The number of hydrogen-bond acceptors (Lipinski definition) is 5. The van der Waals surface area contributed by atoms with E-state index in [1.165, 1.54) is 19.8 Å². The van der Waals surface area contributed by atoms with Crippen LogP contribution in [0.3, 0.4) is 0 Å². The number of carbonyl (C=O) groups excluding carboxylic acids is 2. The van der Waals surface area contributed by atoms with Crippen molar-refractivity contribution in [3.8, 4) is 0 Å². The molecule has 0 unspecified atom stereocenters. The van der Waals surface area contributed by atoms with Gasteiger partial charge < -0.3 is 14.2 Å². The maximum absolute atomic E-state index is 14.1. The van der Waals surface area contributed by atoms with Gasteiger partial charge in [-0.1, -0.05) is 27.7 Å². The Balaban J connectivity index is 1.25. The van der Waals surface area contributed by atoms with E-state index >= 15 is 0 Å². The molecule has 6 aliphatic rings. The van der Waals surface area contributed by atoms with Crippen molar-refractivity contribution in [1.29, 1.82) is 0 Å². The van der Waals surface area contributed by atoms with Crippen LogP contribution in [0, 0.1) is 52.3 Å². The molecule has 0 N–H and O–H groups in total. The van der Waals surface area contributed by atoms with Crippen molar-refractivity contribution in [3.63, 3.8) is 0 Å². The summed E-state index contributed by atoms with van der Waals surface area (Å²) in [5.74, 6) is 3.07. The van der Waals surface area contributed by atoms with Gasteiger partial charge in [-0.15, -0.1) is 0 Å². The molecule has 2 heterocycles. The Morgan fingerprint density at radius 3 is 2.53 bits per heavy atom. The lowest BCUT2D eigenvalue weighted by atomic mass is 9.44. The number of carbonyl (C=O) groups is 2. The second kappa shape index (κ2) is 7.78. The predicted molar refractivity (Wildman–Crippen MR) is 128 cm³/mol. The number of ether oxygens (including phenoxy) is 3. The number of ketones is 1. The van der Waals surface area contributed by atoms with E-state index in [2.05, 4.69) is 27.7 Å². The molecule has 6 rings (SSSR count). The van der Waals surface area contributed by atoms with E-state index in [0.717, 1.165) is 51.6 Å². The van der Waals surface area contributed by atoms with E-state index in [4.69, 9.17) is 14.2 Å². The summed E-state index contributed by atoms with van der Waals surface area (Å²) in [6.45, 7) is 11.6.